The predicted molar refractivity (Wildman–Crippen MR) is 110 cm³/mol. The molecule has 5 nitrogen and oxygen atoms in total. The standard InChI is InChI=1S/C23H28N2O3/c1-17(2)16-28-23(27)25-14-12-21(13-15-25)24-22(26)20-10-8-19(9-11-20)18-6-4-3-5-7-18/h3-11,17,21H,12-16H2,1-2H3,(H,24,26). The second-order valence-corrected chi connectivity index (χ2v) is 7.65. The second kappa shape index (κ2) is 9.40. The van der Waals surface area contributed by atoms with Gasteiger partial charge >= 0.3 is 6.09 Å². The zero-order valence-electron chi connectivity index (χ0n) is 16.6. The van der Waals surface area contributed by atoms with E-state index in [0.29, 0.717) is 31.2 Å². The number of amides is 2. The lowest BCUT2D eigenvalue weighted by molar-refractivity contribution is 0.0785. The van der Waals surface area contributed by atoms with E-state index in [1.54, 1.807) is 4.90 Å². The van der Waals surface area contributed by atoms with Crippen LogP contribution in [0.4, 0.5) is 4.79 Å². The molecule has 2 aromatic rings. The highest BCUT2D eigenvalue weighted by Crippen LogP contribution is 2.19. The zero-order chi connectivity index (χ0) is 19.9. The van der Waals surface area contributed by atoms with Gasteiger partial charge in [0.25, 0.3) is 5.91 Å². The Balaban J connectivity index is 1.49. The minimum atomic E-state index is -0.255. The first-order valence-electron chi connectivity index (χ1n) is 9.91. The van der Waals surface area contributed by atoms with Crippen LogP contribution in [0.2, 0.25) is 0 Å². The van der Waals surface area contributed by atoms with Crippen LogP contribution in [0, 0.1) is 5.92 Å². The third kappa shape index (κ3) is 5.35. The lowest BCUT2D eigenvalue weighted by Crippen LogP contribution is -2.46. The van der Waals surface area contributed by atoms with E-state index in [1.165, 1.54) is 0 Å². The fourth-order valence-electron chi connectivity index (χ4n) is 3.25. The minimum Gasteiger partial charge on any atom is -0.449 e. The number of ether oxygens (including phenoxy) is 1. The Hall–Kier alpha value is -2.82. The van der Waals surface area contributed by atoms with Gasteiger partial charge in [-0.2, -0.15) is 0 Å². The Bertz CT molecular complexity index is 779. The van der Waals surface area contributed by atoms with Crippen molar-refractivity contribution in [2.75, 3.05) is 19.7 Å². The van der Waals surface area contributed by atoms with Crippen LogP contribution in [-0.2, 0) is 4.74 Å². The Kier molecular flexibility index (Phi) is 6.69. The van der Waals surface area contributed by atoms with Crippen molar-refractivity contribution in [2.24, 2.45) is 5.92 Å². The smallest absolute Gasteiger partial charge is 0.409 e. The summed E-state index contributed by atoms with van der Waals surface area (Å²) in [6.45, 7) is 5.68. The number of benzene rings is 2. The van der Waals surface area contributed by atoms with Crippen LogP contribution in [0.15, 0.2) is 54.6 Å². The maximum atomic E-state index is 12.5. The molecule has 3 rings (SSSR count). The van der Waals surface area contributed by atoms with E-state index in [2.05, 4.69) is 17.4 Å². The van der Waals surface area contributed by atoms with Crippen molar-refractivity contribution < 1.29 is 14.3 Å². The van der Waals surface area contributed by atoms with E-state index in [0.717, 1.165) is 24.0 Å². The van der Waals surface area contributed by atoms with E-state index < -0.39 is 0 Å². The summed E-state index contributed by atoms with van der Waals surface area (Å²) in [7, 11) is 0. The molecule has 0 radical (unpaired) electrons. The number of nitrogens with zero attached hydrogens (tertiary/aromatic N) is 1. The summed E-state index contributed by atoms with van der Waals surface area (Å²) >= 11 is 0. The first kappa shape index (κ1) is 19.9. The summed E-state index contributed by atoms with van der Waals surface area (Å²) in [5.41, 5.74) is 2.87. The quantitative estimate of drug-likeness (QED) is 0.839. The molecule has 1 N–H and O–H groups in total. The average molecular weight is 380 g/mol. The summed E-state index contributed by atoms with van der Waals surface area (Å²) in [4.78, 5) is 26.3. The van der Waals surface area contributed by atoms with Gasteiger partial charge in [0.1, 0.15) is 0 Å². The lowest BCUT2D eigenvalue weighted by atomic mass is 10.0. The molecular formula is C23H28N2O3. The molecule has 1 aliphatic rings. The van der Waals surface area contributed by atoms with Gasteiger partial charge in [-0.15, -0.1) is 0 Å². The van der Waals surface area contributed by atoms with Crippen LogP contribution in [0.25, 0.3) is 11.1 Å². The molecule has 0 bridgehead atoms. The van der Waals surface area contributed by atoms with Gasteiger partial charge in [-0.3, -0.25) is 4.79 Å². The molecule has 0 spiro atoms. The molecular weight excluding hydrogens is 352 g/mol. The number of nitrogens with one attached hydrogen (secondary N) is 1. The van der Waals surface area contributed by atoms with Gasteiger partial charge in [-0.25, -0.2) is 4.79 Å². The Morgan fingerprint density at radius 1 is 1.00 bits per heavy atom. The van der Waals surface area contributed by atoms with Crippen molar-refractivity contribution in [1.29, 1.82) is 0 Å². The third-order valence-corrected chi connectivity index (χ3v) is 4.88. The topological polar surface area (TPSA) is 58.6 Å². The number of carbonyl (C=O) groups excluding carboxylic acids is 2. The number of carbonyl (C=O) groups is 2. The largest absolute Gasteiger partial charge is 0.449 e. The van der Waals surface area contributed by atoms with Crippen molar-refractivity contribution >= 4 is 12.0 Å². The van der Waals surface area contributed by atoms with Gasteiger partial charge in [-0.1, -0.05) is 56.3 Å². The van der Waals surface area contributed by atoms with Gasteiger partial charge in [0.2, 0.25) is 0 Å². The van der Waals surface area contributed by atoms with Crippen LogP contribution in [0.1, 0.15) is 37.0 Å². The zero-order valence-corrected chi connectivity index (χ0v) is 16.6. The maximum absolute atomic E-state index is 12.5. The second-order valence-electron chi connectivity index (χ2n) is 7.65. The van der Waals surface area contributed by atoms with Crippen LogP contribution in [-0.4, -0.2) is 42.6 Å². The van der Waals surface area contributed by atoms with Gasteiger partial charge in [0.05, 0.1) is 6.61 Å². The molecule has 0 aliphatic carbocycles. The minimum absolute atomic E-state index is 0.0690. The number of rotatable bonds is 5. The van der Waals surface area contributed by atoms with Crippen molar-refractivity contribution in [3.05, 3.63) is 60.2 Å². The van der Waals surface area contributed by atoms with E-state index in [-0.39, 0.29) is 18.0 Å². The molecule has 2 aromatic carbocycles. The molecule has 1 saturated heterocycles. The van der Waals surface area contributed by atoms with Gasteiger partial charge in [-0.05, 0) is 42.0 Å². The SMILES string of the molecule is CC(C)COC(=O)N1CCC(NC(=O)c2ccc(-c3ccccc3)cc2)CC1. The molecule has 0 atom stereocenters. The number of likely N-dealkylation sites (tertiary alicyclic amines) is 1. The van der Waals surface area contributed by atoms with E-state index in [1.807, 2.05) is 56.3 Å². The summed E-state index contributed by atoms with van der Waals surface area (Å²) in [5, 5.41) is 3.09. The third-order valence-electron chi connectivity index (χ3n) is 4.88. The highest BCUT2D eigenvalue weighted by molar-refractivity contribution is 5.94. The van der Waals surface area contributed by atoms with Gasteiger partial charge in [0.15, 0.2) is 0 Å². The molecule has 5 heteroatoms. The normalized spacial score (nSPS) is 14.8. The van der Waals surface area contributed by atoms with Crippen molar-refractivity contribution in [3.63, 3.8) is 0 Å². The molecule has 1 heterocycles. The Labute approximate surface area is 166 Å². The predicted octanol–water partition coefficient (Wildman–Crippen LogP) is 4.34. The molecule has 28 heavy (non-hydrogen) atoms. The molecule has 0 aromatic heterocycles. The van der Waals surface area contributed by atoms with Gasteiger partial charge in [0, 0.05) is 24.7 Å². The molecule has 1 fully saturated rings. The molecule has 148 valence electrons. The fraction of sp³-hybridized carbons (Fsp3) is 0.391. The summed E-state index contributed by atoms with van der Waals surface area (Å²) in [6.07, 6.45) is 1.23. The van der Waals surface area contributed by atoms with Crippen molar-refractivity contribution in [2.45, 2.75) is 32.7 Å². The summed E-state index contributed by atoms with van der Waals surface area (Å²) < 4.78 is 5.28. The first-order chi connectivity index (χ1) is 13.5. The van der Waals surface area contributed by atoms with Gasteiger partial charge < -0.3 is 15.0 Å². The molecule has 0 unspecified atom stereocenters. The van der Waals surface area contributed by atoms with Crippen LogP contribution < -0.4 is 5.32 Å². The Morgan fingerprint density at radius 3 is 2.21 bits per heavy atom. The lowest BCUT2D eigenvalue weighted by Gasteiger charge is -2.31. The molecule has 1 aliphatic heterocycles. The van der Waals surface area contributed by atoms with Crippen molar-refractivity contribution in [3.8, 4) is 11.1 Å². The number of hydrogen-bond acceptors (Lipinski definition) is 3. The highest BCUT2D eigenvalue weighted by Gasteiger charge is 2.25. The van der Waals surface area contributed by atoms with Crippen LogP contribution in [0.3, 0.4) is 0 Å². The van der Waals surface area contributed by atoms with E-state index in [4.69, 9.17) is 4.74 Å². The fourth-order valence-corrected chi connectivity index (χ4v) is 3.25. The monoisotopic (exact) mass is 380 g/mol. The van der Waals surface area contributed by atoms with E-state index in [9.17, 15) is 9.59 Å². The van der Waals surface area contributed by atoms with Crippen LogP contribution >= 0.6 is 0 Å². The van der Waals surface area contributed by atoms with Crippen molar-refractivity contribution in [1.82, 2.24) is 10.2 Å². The molecule has 0 saturated carbocycles. The number of piperidine rings is 1. The summed E-state index contributed by atoms with van der Waals surface area (Å²) in [6, 6.07) is 17.8. The highest BCUT2D eigenvalue weighted by atomic mass is 16.6. The van der Waals surface area contributed by atoms with Crippen LogP contribution in [0.5, 0.6) is 0 Å². The summed E-state index contributed by atoms with van der Waals surface area (Å²) in [5.74, 6) is 0.259. The first-order valence-corrected chi connectivity index (χ1v) is 9.91. The average Bonchev–Trinajstić information content (AvgIpc) is 2.73. The number of hydrogen-bond donors (Lipinski definition) is 1. The van der Waals surface area contributed by atoms with E-state index >= 15 is 0 Å². The molecule has 2 amide bonds. The maximum Gasteiger partial charge on any atom is 0.409 e. The Morgan fingerprint density at radius 2 is 1.61 bits per heavy atom.